The van der Waals surface area contributed by atoms with E-state index >= 15 is 0 Å². The van der Waals surface area contributed by atoms with Crippen LogP contribution in [0.3, 0.4) is 0 Å². The Hall–Kier alpha value is -1.61. The summed E-state index contributed by atoms with van der Waals surface area (Å²) in [6.45, 7) is 6.97. The molecule has 1 atom stereocenters. The monoisotopic (exact) mass is 283 g/mol. The number of nitrogens with zero attached hydrogens (tertiary/aromatic N) is 3. The van der Waals surface area contributed by atoms with Crippen molar-refractivity contribution in [2.75, 3.05) is 13.1 Å². The Morgan fingerprint density at radius 1 is 1.24 bits per heavy atom. The lowest BCUT2D eigenvalue weighted by Crippen LogP contribution is -2.23. The second-order valence-electron chi connectivity index (χ2n) is 6.06. The molecule has 0 amide bonds. The van der Waals surface area contributed by atoms with E-state index in [1.165, 1.54) is 48.3 Å². The van der Waals surface area contributed by atoms with Crippen LogP contribution in [0.15, 0.2) is 30.5 Å². The van der Waals surface area contributed by atoms with Crippen molar-refractivity contribution in [1.29, 1.82) is 0 Å². The van der Waals surface area contributed by atoms with Gasteiger partial charge < -0.3 is 0 Å². The fraction of sp³-hybridized carbons (Fsp3) is 0.500. The van der Waals surface area contributed by atoms with Crippen LogP contribution in [0.5, 0.6) is 0 Å². The average molecular weight is 283 g/mol. The highest BCUT2D eigenvalue weighted by atomic mass is 15.2. The summed E-state index contributed by atoms with van der Waals surface area (Å²) in [5, 5.41) is 4.56. The number of aryl methyl sites for hydroxylation is 2. The summed E-state index contributed by atoms with van der Waals surface area (Å²) >= 11 is 0. The van der Waals surface area contributed by atoms with Gasteiger partial charge in [0.25, 0.3) is 0 Å². The van der Waals surface area contributed by atoms with Crippen molar-refractivity contribution in [3.05, 3.63) is 41.7 Å². The third-order valence-corrected chi connectivity index (χ3v) is 4.61. The number of hydrogen-bond donors (Lipinski definition) is 0. The Morgan fingerprint density at radius 3 is 2.71 bits per heavy atom. The zero-order valence-electron chi connectivity index (χ0n) is 13.3. The summed E-state index contributed by atoms with van der Waals surface area (Å²) in [6.07, 6.45) is 5.79. The predicted octanol–water partition coefficient (Wildman–Crippen LogP) is 3.81. The molecule has 0 N–H and O–H groups in total. The van der Waals surface area contributed by atoms with Gasteiger partial charge in [0, 0.05) is 24.8 Å². The molecule has 1 aliphatic rings. The predicted molar refractivity (Wildman–Crippen MR) is 87.2 cm³/mol. The van der Waals surface area contributed by atoms with Crippen LogP contribution in [-0.4, -0.2) is 27.8 Å². The van der Waals surface area contributed by atoms with Crippen LogP contribution in [0.4, 0.5) is 0 Å². The van der Waals surface area contributed by atoms with Gasteiger partial charge in [0.05, 0.1) is 5.69 Å². The molecule has 0 unspecified atom stereocenters. The molecule has 1 fully saturated rings. The molecule has 112 valence electrons. The van der Waals surface area contributed by atoms with E-state index in [0.29, 0.717) is 6.04 Å². The molecule has 1 saturated heterocycles. The summed E-state index contributed by atoms with van der Waals surface area (Å²) in [6, 6.07) is 9.50. The van der Waals surface area contributed by atoms with E-state index in [-0.39, 0.29) is 0 Å². The van der Waals surface area contributed by atoms with Gasteiger partial charge in [0.1, 0.15) is 0 Å². The third-order valence-electron chi connectivity index (χ3n) is 4.61. The van der Waals surface area contributed by atoms with Gasteiger partial charge in [0.15, 0.2) is 0 Å². The first kappa shape index (κ1) is 14.3. The minimum atomic E-state index is 0.509. The highest BCUT2D eigenvalue weighted by Gasteiger charge is 2.20. The van der Waals surface area contributed by atoms with Crippen molar-refractivity contribution in [3.63, 3.8) is 0 Å². The fourth-order valence-corrected chi connectivity index (χ4v) is 3.34. The lowest BCUT2D eigenvalue weighted by atomic mass is 9.99. The Morgan fingerprint density at radius 2 is 2.00 bits per heavy atom. The van der Waals surface area contributed by atoms with Gasteiger partial charge in [-0.1, -0.05) is 25.1 Å². The van der Waals surface area contributed by atoms with E-state index in [4.69, 9.17) is 0 Å². The van der Waals surface area contributed by atoms with Crippen molar-refractivity contribution < 1.29 is 0 Å². The van der Waals surface area contributed by atoms with Crippen LogP contribution in [0.2, 0.25) is 0 Å². The molecule has 2 aromatic rings. The van der Waals surface area contributed by atoms with Gasteiger partial charge >= 0.3 is 0 Å². The molecular formula is C18H25N3. The van der Waals surface area contributed by atoms with E-state index in [1.807, 2.05) is 11.7 Å². The molecule has 0 saturated carbocycles. The molecule has 0 aliphatic carbocycles. The Bertz CT molecular complexity index is 609. The number of aromatic nitrogens is 2. The van der Waals surface area contributed by atoms with Crippen LogP contribution in [-0.2, 0) is 13.5 Å². The number of benzene rings is 1. The minimum Gasteiger partial charge on any atom is -0.297 e. The molecule has 1 aromatic carbocycles. The van der Waals surface area contributed by atoms with Crippen molar-refractivity contribution >= 4 is 0 Å². The van der Waals surface area contributed by atoms with E-state index in [0.717, 1.165) is 6.42 Å². The van der Waals surface area contributed by atoms with Gasteiger partial charge in [0.2, 0.25) is 0 Å². The lowest BCUT2D eigenvalue weighted by Gasteiger charge is -2.24. The minimum absolute atomic E-state index is 0.509. The second-order valence-corrected chi connectivity index (χ2v) is 6.06. The van der Waals surface area contributed by atoms with Gasteiger partial charge in [-0.3, -0.25) is 9.58 Å². The van der Waals surface area contributed by atoms with Crippen molar-refractivity contribution in [1.82, 2.24) is 14.7 Å². The van der Waals surface area contributed by atoms with Crippen molar-refractivity contribution in [3.8, 4) is 11.1 Å². The lowest BCUT2D eigenvalue weighted by molar-refractivity contribution is 0.263. The quantitative estimate of drug-likeness (QED) is 0.851. The molecule has 3 rings (SSSR count). The number of rotatable bonds is 4. The smallest absolute Gasteiger partial charge is 0.0700 e. The SMILES string of the molecule is CCc1nn(C)cc1-c1cccc([C@H](C)N2CCCC2)c1. The summed E-state index contributed by atoms with van der Waals surface area (Å²) in [5.74, 6) is 0. The standard InChI is InChI=1S/C18H25N3/c1-4-18-17(13-20(3)19-18)16-9-7-8-15(12-16)14(2)21-10-5-6-11-21/h7-9,12-14H,4-6,10-11H2,1-3H3/t14-/m0/s1. The maximum Gasteiger partial charge on any atom is 0.0700 e. The van der Waals surface area contributed by atoms with Crippen LogP contribution in [0, 0.1) is 0 Å². The van der Waals surface area contributed by atoms with E-state index in [1.54, 1.807) is 0 Å². The molecule has 0 bridgehead atoms. The van der Waals surface area contributed by atoms with E-state index in [2.05, 4.69) is 54.3 Å². The normalized spacial score (nSPS) is 17.3. The maximum atomic E-state index is 4.56. The molecule has 21 heavy (non-hydrogen) atoms. The number of likely N-dealkylation sites (tertiary alicyclic amines) is 1. The van der Waals surface area contributed by atoms with Crippen molar-refractivity contribution in [2.24, 2.45) is 7.05 Å². The Labute approximate surface area is 127 Å². The average Bonchev–Trinajstić information content (AvgIpc) is 3.15. The van der Waals surface area contributed by atoms with E-state index in [9.17, 15) is 0 Å². The molecule has 1 aliphatic heterocycles. The van der Waals surface area contributed by atoms with Crippen molar-refractivity contribution in [2.45, 2.75) is 39.2 Å². The number of hydrogen-bond acceptors (Lipinski definition) is 2. The van der Waals surface area contributed by atoms with Crippen LogP contribution in [0.25, 0.3) is 11.1 Å². The zero-order chi connectivity index (χ0) is 14.8. The molecule has 2 heterocycles. The molecule has 3 heteroatoms. The van der Waals surface area contributed by atoms with Crippen LogP contribution >= 0.6 is 0 Å². The molecule has 3 nitrogen and oxygen atoms in total. The molecule has 0 spiro atoms. The summed E-state index contributed by atoms with van der Waals surface area (Å²) < 4.78 is 1.92. The first-order valence-electron chi connectivity index (χ1n) is 8.06. The van der Waals surface area contributed by atoms with Gasteiger partial charge in [-0.15, -0.1) is 0 Å². The molecule has 1 aromatic heterocycles. The molecule has 0 radical (unpaired) electrons. The van der Waals surface area contributed by atoms with Gasteiger partial charge in [-0.25, -0.2) is 0 Å². The fourth-order valence-electron chi connectivity index (χ4n) is 3.34. The first-order valence-corrected chi connectivity index (χ1v) is 8.06. The Kier molecular flexibility index (Phi) is 4.11. The maximum absolute atomic E-state index is 4.56. The first-order chi connectivity index (χ1) is 10.2. The topological polar surface area (TPSA) is 21.1 Å². The summed E-state index contributed by atoms with van der Waals surface area (Å²) in [5.41, 5.74) is 5.17. The largest absolute Gasteiger partial charge is 0.297 e. The molecular weight excluding hydrogens is 258 g/mol. The zero-order valence-corrected chi connectivity index (χ0v) is 13.3. The second kappa shape index (κ2) is 6.02. The van der Waals surface area contributed by atoms with Gasteiger partial charge in [-0.05, 0) is 56.5 Å². The highest BCUT2D eigenvalue weighted by molar-refractivity contribution is 5.66. The van der Waals surface area contributed by atoms with Gasteiger partial charge in [-0.2, -0.15) is 5.10 Å². The van der Waals surface area contributed by atoms with E-state index < -0.39 is 0 Å². The highest BCUT2D eigenvalue weighted by Crippen LogP contribution is 2.29. The summed E-state index contributed by atoms with van der Waals surface area (Å²) in [7, 11) is 2.00. The third kappa shape index (κ3) is 2.88. The van der Waals surface area contributed by atoms with Crippen LogP contribution in [0.1, 0.15) is 44.0 Å². The van der Waals surface area contributed by atoms with Crippen LogP contribution < -0.4 is 0 Å². The Balaban J connectivity index is 1.92. The summed E-state index contributed by atoms with van der Waals surface area (Å²) in [4.78, 5) is 2.59.